The van der Waals surface area contributed by atoms with Gasteiger partial charge in [-0.15, -0.1) is 0 Å². The highest BCUT2D eigenvalue weighted by atomic mass is 19.1. The van der Waals surface area contributed by atoms with Crippen LogP contribution in [0.2, 0.25) is 0 Å². The standard InChI is InChI=1S/C23H19FN2O5/c24-17-7-9-18(10-8-17)25-21(27)14-31-23(29)19-12-15-4-1-2-5-16(15)13-26(19)22(28)20-6-3-11-30-20/h1-11,19H,12-14H2,(H,25,27)/t19-/m1/s1. The van der Waals surface area contributed by atoms with Crippen molar-refractivity contribution >= 4 is 23.5 Å². The molecule has 2 heterocycles. The van der Waals surface area contributed by atoms with Crippen molar-refractivity contribution in [3.05, 3.63) is 89.6 Å². The summed E-state index contributed by atoms with van der Waals surface area (Å²) >= 11 is 0. The van der Waals surface area contributed by atoms with Gasteiger partial charge >= 0.3 is 5.97 Å². The van der Waals surface area contributed by atoms with Crippen LogP contribution in [0.25, 0.3) is 0 Å². The number of carbonyl (C=O) groups excluding carboxylic acids is 3. The molecule has 31 heavy (non-hydrogen) atoms. The molecule has 158 valence electrons. The van der Waals surface area contributed by atoms with E-state index in [-0.39, 0.29) is 18.7 Å². The van der Waals surface area contributed by atoms with Crippen molar-refractivity contribution in [2.45, 2.75) is 19.0 Å². The van der Waals surface area contributed by atoms with Crippen molar-refractivity contribution in [2.24, 2.45) is 0 Å². The van der Waals surface area contributed by atoms with Gasteiger partial charge in [0.2, 0.25) is 0 Å². The second kappa shape index (κ2) is 8.83. The van der Waals surface area contributed by atoms with Crippen molar-refractivity contribution in [1.29, 1.82) is 0 Å². The molecule has 0 fully saturated rings. The highest BCUT2D eigenvalue weighted by molar-refractivity contribution is 5.96. The fraction of sp³-hybridized carbons (Fsp3) is 0.174. The van der Waals surface area contributed by atoms with Crippen LogP contribution in [0.15, 0.2) is 71.3 Å². The first-order chi connectivity index (χ1) is 15.0. The van der Waals surface area contributed by atoms with E-state index in [1.807, 2.05) is 24.3 Å². The lowest BCUT2D eigenvalue weighted by molar-refractivity contribution is -0.152. The Bertz CT molecular complexity index is 1100. The van der Waals surface area contributed by atoms with E-state index >= 15 is 0 Å². The quantitative estimate of drug-likeness (QED) is 0.638. The third kappa shape index (κ3) is 4.63. The number of anilines is 1. The number of halogens is 1. The van der Waals surface area contributed by atoms with Gasteiger partial charge in [-0.3, -0.25) is 9.59 Å². The molecule has 2 aromatic carbocycles. The zero-order valence-electron chi connectivity index (χ0n) is 16.4. The van der Waals surface area contributed by atoms with Gasteiger partial charge in [-0.1, -0.05) is 24.3 Å². The molecular weight excluding hydrogens is 403 g/mol. The number of hydrogen-bond donors (Lipinski definition) is 1. The Morgan fingerprint density at radius 3 is 2.48 bits per heavy atom. The Balaban J connectivity index is 1.45. The predicted octanol–water partition coefficient (Wildman–Crippen LogP) is 3.17. The van der Waals surface area contributed by atoms with Gasteiger partial charge in [0.25, 0.3) is 11.8 Å². The number of hydrogen-bond acceptors (Lipinski definition) is 5. The summed E-state index contributed by atoms with van der Waals surface area (Å²) in [7, 11) is 0. The van der Waals surface area contributed by atoms with E-state index < -0.39 is 36.2 Å². The molecule has 0 aliphatic carbocycles. The van der Waals surface area contributed by atoms with Crippen LogP contribution in [0.3, 0.4) is 0 Å². The zero-order valence-corrected chi connectivity index (χ0v) is 16.4. The van der Waals surface area contributed by atoms with Gasteiger partial charge < -0.3 is 19.4 Å². The van der Waals surface area contributed by atoms with E-state index in [0.29, 0.717) is 5.69 Å². The first-order valence-corrected chi connectivity index (χ1v) is 9.64. The fourth-order valence-corrected chi connectivity index (χ4v) is 3.45. The number of amides is 2. The number of benzene rings is 2. The van der Waals surface area contributed by atoms with E-state index in [1.165, 1.54) is 41.5 Å². The molecule has 8 heteroatoms. The van der Waals surface area contributed by atoms with Gasteiger partial charge in [0.1, 0.15) is 11.9 Å². The fourth-order valence-electron chi connectivity index (χ4n) is 3.45. The second-order valence-electron chi connectivity index (χ2n) is 7.06. The molecule has 0 radical (unpaired) electrons. The third-order valence-corrected chi connectivity index (χ3v) is 4.99. The third-order valence-electron chi connectivity index (χ3n) is 4.99. The number of esters is 1. The number of rotatable bonds is 5. The summed E-state index contributed by atoms with van der Waals surface area (Å²) in [4.78, 5) is 39.2. The van der Waals surface area contributed by atoms with E-state index in [4.69, 9.17) is 9.15 Å². The molecule has 0 saturated heterocycles. The highest BCUT2D eigenvalue weighted by Crippen LogP contribution is 2.26. The minimum Gasteiger partial charge on any atom is -0.459 e. The first-order valence-electron chi connectivity index (χ1n) is 9.64. The van der Waals surface area contributed by atoms with Crippen molar-refractivity contribution in [3.8, 4) is 0 Å². The number of ether oxygens (including phenoxy) is 1. The number of carbonyl (C=O) groups is 3. The Labute approximate surface area is 177 Å². The van der Waals surface area contributed by atoms with Gasteiger partial charge in [-0.05, 0) is 47.5 Å². The topological polar surface area (TPSA) is 88.9 Å². The van der Waals surface area contributed by atoms with Crippen LogP contribution in [0.5, 0.6) is 0 Å². The lowest BCUT2D eigenvalue weighted by Gasteiger charge is -2.34. The summed E-state index contributed by atoms with van der Waals surface area (Å²) in [6.07, 6.45) is 1.65. The normalized spacial score (nSPS) is 15.1. The molecule has 0 unspecified atom stereocenters. The molecule has 1 aliphatic heterocycles. The van der Waals surface area contributed by atoms with Gasteiger partial charge in [0, 0.05) is 18.7 Å². The maximum Gasteiger partial charge on any atom is 0.329 e. The summed E-state index contributed by atoms with van der Waals surface area (Å²) < 4.78 is 23.4. The molecule has 0 spiro atoms. The number of nitrogens with zero attached hydrogens (tertiary/aromatic N) is 1. The van der Waals surface area contributed by atoms with Crippen LogP contribution in [0.1, 0.15) is 21.7 Å². The lowest BCUT2D eigenvalue weighted by atomic mass is 9.93. The molecule has 7 nitrogen and oxygen atoms in total. The van der Waals surface area contributed by atoms with Crippen LogP contribution in [-0.2, 0) is 27.3 Å². The monoisotopic (exact) mass is 422 g/mol. The van der Waals surface area contributed by atoms with Crippen molar-refractivity contribution in [2.75, 3.05) is 11.9 Å². The number of nitrogens with one attached hydrogen (secondary N) is 1. The Morgan fingerprint density at radius 1 is 1.03 bits per heavy atom. The largest absolute Gasteiger partial charge is 0.459 e. The van der Waals surface area contributed by atoms with Gasteiger partial charge in [-0.2, -0.15) is 0 Å². The maximum absolute atomic E-state index is 13.0. The summed E-state index contributed by atoms with van der Waals surface area (Å²) in [5.41, 5.74) is 2.24. The molecule has 1 aromatic heterocycles. The molecule has 0 saturated carbocycles. The molecule has 3 aromatic rings. The van der Waals surface area contributed by atoms with E-state index in [0.717, 1.165) is 11.1 Å². The van der Waals surface area contributed by atoms with Crippen LogP contribution in [0.4, 0.5) is 10.1 Å². The van der Waals surface area contributed by atoms with Crippen molar-refractivity contribution in [3.63, 3.8) is 0 Å². The van der Waals surface area contributed by atoms with Crippen LogP contribution < -0.4 is 5.32 Å². The summed E-state index contributed by atoms with van der Waals surface area (Å²) in [6, 6.07) is 15.0. The molecule has 4 rings (SSSR count). The Morgan fingerprint density at radius 2 is 1.77 bits per heavy atom. The summed E-state index contributed by atoms with van der Waals surface area (Å²) in [5.74, 6) is -2.00. The first kappa shape index (κ1) is 20.3. The van der Waals surface area contributed by atoms with E-state index in [2.05, 4.69) is 5.32 Å². The van der Waals surface area contributed by atoms with Crippen LogP contribution in [0, 0.1) is 5.82 Å². The average Bonchev–Trinajstić information content (AvgIpc) is 3.32. The van der Waals surface area contributed by atoms with Crippen LogP contribution in [-0.4, -0.2) is 35.3 Å². The molecule has 1 atom stereocenters. The minimum absolute atomic E-state index is 0.117. The van der Waals surface area contributed by atoms with Gasteiger partial charge in [0.15, 0.2) is 12.4 Å². The van der Waals surface area contributed by atoms with Crippen molar-refractivity contribution in [1.82, 2.24) is 4.90 Å². The molecule has 2 amide bonds. The Hall–Kier alpha value is -3.94. The van der Waals surface area contributed by atoms with Gasteiger partial charge in [-0.25, -0.2) is 9.18 Å². The SMILES string of the molecule is O=C(COC(=O)[C@H]1Cc2ccccc2CN1C(=O)c1ccco1)Nc1ccc(F)cc1. The number of furan rings is 1. The van der Waals surface area contributed by atoms with Crippen molar-refractivity contribution < 1.29 is 27.9 Å². The van der Waals surface area contributed by atoms with E-state index in [1.54, 1.807) is 6.07 Å². The molecule has 1 N–H and O–H groups in total. The second-order valence-corrected chi connectivity index (χ2v) is 7.06. The average molecular weight is 422 g/mol. The molecule has 0 bridgehead atoms. The molecular formula is C23H19FN2O5. The number of fused-ring (bicyclic) bond motifs is 1. The summed E-state index contributed by atoms with van der Waals surface area (Å²) in [5, 5.41) is 2.52. The lowest BCUT2D eigenvalue weighted by Crippen LogP contribution is -2.49. The predicted molar refractivity (Wildman–Crippen MR) is 109 cm³/mol. The summed E-state index contributed by atoms with van der Waals surface area (Å²) in [6.45, 7) is -0.311. The van der Waals surface area contributed by atoms with Gasteiger partial charge in [0.05, 0.1) is 6.26 Å². The Kier molecular flexibility index (Phi) is 5.79. The maximum atomic E-state index is 13.0. The highest BCUT2D eigenvalue weighted by Gasteiger charge is 2.37. The smallest absolute Gasteiger partial charge is 0.329 e. The minimum atomic E-state index is -0.897. The zero-order chi connectivity index (χ0) is 21.8. The molecule has 1 aliphatic rings. The van der Waals surface area contributed by atoms with E-state index in [9.17, 15) is 18.8 Å². The van der Waals surface area contributed by atoms with Crippen LogP contribution >= 0.6 is 0 Å².